The van der Waals surface area contributed by atoms with Crippen molar-refractivity contribution in [2.24, 2.45) is 0 Å². The summed E-state index contributed by atoms with van der Waals surface area (Å²) in [7, 11) is 0. The average Bonchev–Trinajstić information content (AvgIpc) is 1.91. The van der Waals surface area contributed by atoms with E-state index in [1.54, 1.807) is 0 Å². The van der Waals surface area contributed by atoms with Crippen molar-refractivity contribution in [2.45, 2.75) is 52.9 Å². The van der Waals surface area contributed by atoms with Gasteiger partial charge >= 0.3 is 0 Å². The van der Waals surface area contributed by atoms with E-state index in [0.29, 0.717) is 0 Å². The highest BCUT2D eigenvalue weighted by atomic mass is 16.1. The van der Waals surface area contributed by atoms with Crippen LogP contribution >= 0.6 is 0 Å². The Morgan fingerprint density at radius 2 is 1.30 bits per heavy atom. The van der Waals surface area contributed by atoms with Crippen molar-refractivity contribution in [3.63, 3.8) is 0 Å². The lowest BCUT2D eigenvalue weighted by atomic mass is 10.2. The van der Waals surface area contributed by atoms with Gasteiger partial charge in [0.15, 0.2) is 0 Å². The molecule has 0 aliphatic carbocycles. The van der Waals surface area contributed by atoms with E-state index in [2.05, 4.69) is 13.8 Å². The van der Waals surface area contributed by atoms with Crippen molar-refractivity contribution in [3.05, 3.63) is 0 Å². The number of rotatable bonds is 4. The van der Waals surface area contributed by atoms with Gasteiger partial charge in [0.1, 0.15) is 6.29 Å². The van der Waals surface area contributed by atoms with Crippen LogP contribution < -0.4 is 0 Å². The van der Waals surface area contributed by atoms with E-state index in [1.165, 1.54) is 39.0 Å². The fourth-order valence-corrected chi connectivity index (χ4v) is 0.677. The standard InChI is InChI=1S/C7H16.C2H4O/c1-3-5-7-6-4-2;1-2-3/h3-7H2,1-2H3;2H,1H3. The summed E-state index contributed by atoms with van der Waals surface area (Å²) in [4.78, 5) is 8.81. The fourth-order valence-electron chi connectivity index (χ4n) is 0.677. The monoisotopic (exact) mass is 144 g/mol. The van der Waals surface area contributed by atoms with Crippen LogP contribution in [0.15, 0.2) is 0 Å². The Kier molecular flexibility index (Phi) is 19.6. The highest BCUT2D eigenvalue weighted by molar-refractivity contribution is 5.44. The van der Waals surface area contributed by atoms with Crippen LogP contribution in [-0.2, 0) is 4.79 Å². The molecule has 0 rings (SSSR count). The van der Waals surface area contributed by atoms with Gasteiger partial charge in [0.05, 0.1) is 0 Å². The number of aldehydes is 1. The average molecular weight is 144 g/mol. The number of hydrogen-bond donors (Lipinski definition) is 0. The molecular weight excluding hydrogens is 124 g/mol. The summed E-state index contributed by atoms with van der Waals surface area (Å²) in [5, 5.41) is 0. The molecule has 10 heavy (non-hydrogen) atoms. The molecule has 0 bridgehead atoms. The number of carbonyl (C=O) groups is 1. The lowest BCUT2D eigenvalue weighted by Crippen LogP contribution is -1.70. The molecule has 1 nitrogen and oxygen atoms in total. The van der Waals surface area contributed by atoms with Gasteiger partial charge in [-0.25, -0.2) is 0 Å². The van der Waals surface area contributed by atoms with Crippen LogP contribution in [0.4, 0.5) is 0 Å². The molecule has 0 N–H and O–H groups in total. The maximum absolute atomic E-state index is 8.81. The molecule has 0 saturated heterocycles. The first kappa shape index (κ1) is 12.4. The summed E-state index contributed by atoms with van der Waals surface area (Å²) in [5.41, 5.74) is 0. The first-order valence-corrected chi connectivity index (χ1v) is 4.23. The van der Waals surface area contributed by atoms with Gasteiger partial charge in [0.2, 0.25) is 0 Å². The van der Waals surface area contributed by atoms with Crippen LogP contribution in [0.1, 0.15) is 52.9 Å². The zero-order valence-corrected chi connectivity index (χ0v) is 7.52. The Morgan fingerprint density at radius 3 is 1.50 bits per heavy atom. The van der Waals surface area contributed by atoms with Gasteiger partial charge in [-0.1, -0.05) is 46.0 Å². The van der Waals surface area contributed by atoms with Crippen molar-refractivity contribution >= 4 is 6.29 Å². The minimum absolute atomic E-state index is 0.750. The first-order valence-electron chi connectivity index (χ1n) is 4.23. The Morgan fingerprint density at radius 1 is 1.00 bits per heavy atom. The first-order chi connectivity index (χ1) is 4.83. The second-order valence-corrected chi connectivity index (χ2v) is 2.30. The fraction of sp³-hybridized carbons (Fsp3) is 0.889. The zero-order chi connectivity index (χ0) is 8.24. The molecule has 0 aromatic heterocycles. The van der Waals surface area contributed by atoms with Crippen LogP contribution in [0.5, 0.6) is 0 Å². The van der Waals surface area contributed by atoms with Gasteiger partial charge in [-0.3, -0.25) is 0 Å². The maximum Gasteiger partial charge on any atom is 0.116 e. The molecule has 0 atom stereocenters. The van der Waals surface area contributed by atoms with Crippen LogP contribution in [0.2, 0.25) is 0 Å². The molecule has 0 aromatic carbocycles. The second-order valence-electron chi connectivity index (χ2n) is 2.30. The van der Waals surface area contributed by atoms with Crippen molar-refractivity contribution < 1.29 is 4.79 Å². The molecule has 0 heterocycles. The molecule has 0 aliphatic rings. The van der Waals surface area contributed by atoms with Gasteiger partial charge in [-0.05, 0) is 6.92 Å². The largest absolute Gasteiger partial charge is 0.304 e. The molecular formula is C9H20O. The maximum atomic E-state index is 8.81. The predicted molar refractivity (Wildman–Crippen MR) is 46.2 cm³/mol. The summed E-state index contributed by atoms with van der Waals surface area (Å²) in [5.74, 6) is 0. The molecule has 0 saturated carbocycles. The molecule has 0 spiro atoms. The van der Waals surface area contributed by atoms with E-state index >= 15 is 0 Å². The molecule has 0 aliphatic heterocycles. The predicted octanol–water partition coefficient (Wildman–Crippen LogP) is 3.18. The van der Waals surface area contributed by atoms with E-state index in [1.807, 2.05) is 0 Å². The molecule has 1 heteroatoms. The molecule has 0 aromatic rings. The molecule has 62 valence electrons. The molecule has 0 radical (unpaired) electrons. The number of unbranched alkanes of at least 4 members (excludes halogenated alkanes) is 4. The Balaban J connectivity index is 0. The second kappa shape index (κ2) is 15.9. The lowest BCUT2D eigenvalue weighted by Gasteiger charge is -1.90. The third-order valence-electron chi connectivity index (χ3n) is 1.21. The van der Waals surface area contributed by atoms with E-state index in [-0.39, 0.29) is 0 Å². The summed E-state index contributed by atoms with van der Waals surface area (Å²) in [6.07, 6.45) is 7.76. The third kappa shape index (κ3) is 25.3. The topological polar surface area (TPSA) is 17.1 Å². The summed E-state index contributed by atoms with van der Waals surface area (Å²) in [6.45, 7) is 5.94. The Bertz CT molecular complexity index is 46.7. The number of hydrogen-bond acceptors (Lipinski definition) is 1. The highest BCUT2D eigenvalue weighted by Crippen LogP contribution is 2.00. The van der Waals surface area contributed by atoms with E-state index in [4.69, 9.17) is 4.79 Å². The van der Waals surface area contributed by atoms with Crippen molar-refractivity contribution in [1.82, 2.24) is 0 Å². The normalized spacial score (nSPS) is 7.90. The van der Waals surface area contributed by atoms with E-state index < -0.39 is 0 Å². The zero-order valence-electron chi connectivity index (χ0n) is 7.52. The van der Waals surface area contributed by atoms with Gasteiger partial charge in [0.25, 0.3) is 0 Å². The van der Waals surface area contributed by atoms with Gasteiger partial charge in [0, 0.05) is 0 Å². The van der Waals surface area contributed by atoms with E-state index in [0.717, 1.165) is 6.29 Å². The lowest BCUT2D eigenvalue weighted by molar-refractivity contribution is -0.106. The van der Waals surface area contributed by atoms with Crippen molar-refractivity contribution in [1.29, 1.82) is 0 Å². The van der Waals surface area contributed by atoms with Crippen LogP contribution in [0.3, 0.4) is 0 Å². The third-order valence-corrected chi connectivity index (χ3v) is 1.21. The van der Waals surface area contributed by atoms with Gasteiger partial charge in [-0.2, -0.15) is 0 Å². The minimum atomic E-state index is 0.750. The minimum Gasteiger partial charge on any atom is -0.304 e. The van der Waals surface area contributed by atoms with Crippen molar-refractivity contribution in [2.75, 3.05) is 0 Å². The van der Waals surface area contributed by atoms with E-state index in [9.17, 15) is 0 Å². The smallest absolute Gasteiger partial charge is 0.116 e. The molecule has 0 fully saturated rings. The summed E-state index contributed by atoms with van der Waals surface area (Å²) >= 11 is 0. The Labute approximate surface area is 64.8 Å². The summed E-state index contributed by atoms with van der Waals surface area (Å²) in [6, 6.07) is 0. The quantitative estimate of drug-likeness (QED) is 0.437. The van der Waals surface area contributed by atoms with Gasteiger partial charge < -0.3 is 4.79 Å². The highest BCUT2D eigenvalue weighted by Gasteiger charge is 1.80. The Hall–Kier alpha value is -0.330. The molecule has 0 amide bonds. The van der Waals surface area contributed by atoms with Crippen LogP contribution in [0.25, 0.3) is 0 Å². The van der Waals surface area contributed by atoms with Crippen LogP contribution in [0, 0.1) is 0 Å². The SMILES string of the molecule is CC=O.CCCCCCC. The number of carbonyl (C=O) groups excluding carboxylic acids is 1. The van der Waals surface area contributed by atoms with Crippen molar-refractivity contribution in [3.8, 4) is 0 Å². The van der Waals surface area contributed by atoms with Gasteiger partial charge in [-0.15, -0.1) is 0 Å². The summed E-state index contributed by atoms with van der Waals surface area (Å²) < 4.78 is 0. The van der Waals surface area contributed by atoms with Crippen LogP contribution in [-0.4, -0.2) is 6.29 Å². The molecule has 0 unspecified atom stereocenters.